The molecular formula is C21H26N2O3. The summed E-state index contributed by atoms with van der Waals surface area (Å²) >= 11 is 0. The predicted octanol–water partition coefficient (Wildman–Crippen LogP) is 3.62. The summed E-state index contributed by atoms with van der Waals surface area (Å²) in [6.45, 7) is 5.96. The summed E-state index contributed by atoms with van der Waals surface area (Å²) in [5.41, 5.74) is 3.24. The number of rotatable bonds is 9. The molecule has 0 saturated carbocycles. The average molecular weight is 354 g/mol. The van der Waals surface area contributed by atoms with Gasteiger partial charge >= 0.3 is 0 Å². The summed E-state index contributed by atoms with van der Waals surface area (Å²) in [6, 6.07) is 16.0. The highest BCUT2D eigenvalue weighted by Crippen LogP contribution is 2.18. The first-order chi connectivity index (χ1) is 12.6. The first-order valence-electron chi connectivity index (χ1n) is 9.02. The van der Waals surface area contributed by atoms with Gasteiger partial charge in [-0.3, -0.25) is 0 Å². The summed E-state index contributed by atoms with van der Waals surface area (Å²) in [5, 5.41) is 10.2. The van der Waals surface area contributed by atoms with Crippen LogP contribution in [0.1, 0.15) is 25.3 Å². The third-order valence-electron chi connectivity index (χ3n) is 4.29. The Morgan fingerprint density at radius 2 is 1.81 bits per heavy atom. The van der Waals surface area contributed by atoms with Crippen LogP contribution in [0.2, 0.25) is 0 Å². The van der Waals surface area contributed by atoms with Crippen LogP contribution in [0.4, 0.5) is 0 Å². The number of aromatic nitrogens is 2. The van der Waals surface area contributed by atoms with Crippen LogP contribution in [0.5, 0.6) is 5.75 Å². The molecule has 1 aromatic heterocycles. The smallest absolute Gasteiger partial charge is 0.119 e. The first kappa shape index (κ1) is 18.4. The van der Waals surface area contributed by atoms with Gasteiger partial charge < -0.3 is 19.1 Å². The Morgan fingerprint density at radius 1 is 1.04 bits per heavy atom. The number of aliphatic hydroxyl groups is 1. The van der Waals surface area contributed by atoms with E-state index in [9.17, 15) is 5.11 Å². The molecule has 3 rings (SSSR count). The van der Waals surface area contributed by atoms with Gasteiger partial charge in [-0.25, -0.2) is 4.98 Å². The molecule has 0 radical (unpaired) electrons. The van der Waals surface area contributed by atoms with Crippen molar-refractivity contribution in [3.63, 3.8) is 0 Å². The zero-order valence-electron chi connectivity index (χ0n) is 15.3. The van der Waals surface area contributed by atoms with Crippen LogP contribution in [-0.2, 0) is 11.3 Å². The Morgan fingerprint density at radius 3 is 2.58 bits per heavy atom. The van der Waals surface area contributed by atoms with Crippen molar-refractivity contribution in [2.75, 3.05) is 19.8 Å². The highest BCUT2D eigenvalue weighted by molar-refractivity contribution is 5.74. The molecule has 1 unspecified atom stereocenters. The lowest BCUT2D eigenvalue weighted by Gasteiger charge is -2.13. The van der Waals surface area contributed by atoms with E-state index in [4.69, 9.17) is 9.47 Å². The van der Waals surface area contributed by atoms with Gasteiger partial charge in [0.25, 0.3) is 0 Å². The van der Waals surface area contributed by atoms with Crippen LogP contribution in [0.25, 0.3) is 11.0 Å². The van der Waals surface area contributed by atoms with Gasteiger partial charge in [0, 0.05) is 0 Å². The standard InChI is InChI=1S/C21H26N2O3/c1-16(2)17-7-9-19(10-8-17)26-12-11-25-14-18(24)13-23-15-22-20-5-3-4-6-21(20)23/h3-10,15-16,18,24H,11-14H2,1-2H3. The van der Waals surface area contributed by atoms with E-state index in [1.165, 1.54) is 5.56 Å². The van der Waals surface area contributed by atoms with Gasteiger partial charge in [-0.05, 0) is 35.7 Å². The van der Waals surface area contributed by atoms with Gasteiger partial charge in [-0.15, -0.1) is 0 Å². The minimum absolute atomic E-state index is 0.266. The summed E-state index contributed by atoms with van der Waals surface area (Å²) in [4.78, 5) is 4.32. The van der Waals surface area contributed by atoms with E-state index in [2.05, 4.69) is 31.0 Å². The molecule has 1 N–H and O–H groups in total. The van der Waals surface area contributed by atoms with Crippen LogP contribution in [0, 0.1) is 0 Å². The number of ether oxygens (including phenoxy) is 2. The highest BCUT2D eigenvalue weighted by Gasteiger charge is 2.08. The quantitative estimate of drug-likeness (QED) is 0.596. The number of aliphatic hydroxyl groups excluding tert-OH is 1. The largest absolute Gasteiger partial charge is 0.491 e. The molecule has 26 heavy (non-hydrogen) atoms. The molecule has 0 aliphatic carbocycles. The van der Waals surface area contributed by atoms with Crippen molar-refractivity contribution in [1.82, 2.24) is 9.55 Å². The maximum absolute atomic E-state index is 10.2. The molecule has 0 saturated heterocycles. The van der Waals surface area contributed by atoms with Crippen molar-refractivity contribution >= 4 is 11.0 Å². The molecule has 5 heteroatoms. The van der Waals surface area contributed by atoms with E-state index >= 15 is 0 Å². The summed E-state index contributed by atoms with van der Waals surface area (Å²) in [6.07, 6.45) is 1.16. The maximum Gasteiger partial charge on any atom is 0.119 e. The predicted molar refractivity (Wildman–Crippen MR) is 103 cm³/mol. The van der Waals surface area contributed by atoms with Crippen molar-refractivity contribution in [3.8, 4) is 5.75 Å². The number of fused-ring (bicyclic) bond motifs is 1. The molecule has 3 aromatic rings. The normalized spacial score (nSPS) is 12.6. The van der Waals surface area contributed by atoms with E-state index in [0.717, 1.165) is 16.8 Å². The third-order valence-corrected chi connectivity index (χ3v) is 4.29. The Hall–Kier alpha value is -2.37. The topological polar surface area (TPSA) is 56.5 Å². The van der Waals surface area contributed by atoms with Crippen molar-refractivity contribution in [1.29, 1.82) is 0 Å². The van der Waals surface area contributed by atoms with Crippen molar-refractivity contribution in [2.45, 2.75) is 32.4 Å². The number of benzene rings is 2. The summed E-state index contributed by atoms with van der Waals surface area (Å²) < 4.78 is 13.1. The molecule has 1 atom stereocenters. The maximum atomic E-state index is 10.2. The molecule has 138 valence electrons. The van der Waals surface area contributed by atoms with Gasteiger partial charge in [-0.1, -0.05) is 38.1 Å². The van der Waals surface area contributed by atoms with Gasteiger partial charge in [0.1, 0.15) is 12.4 Å². The van der Waals surface area contributed by atoms with Crippen molar-refractivity contribution in [2.24, 2.45) is 0 Å². The highest BCUT2D eigenvalue weighted by atomic mass is 16.5. The molecule has 0 amide bonds. The zero-order chi connectivity index (χ0) is 18.4. The fourth-order valence-corrected chi connectivity index (χ4v) is 2.82. The van der Waals surface area contributed by atoms with E-state index in [0.29, 0.717) is 25.7 Å². The van der Waals surface area contributed by atoms with E-state index in [1.807, 2.05) is 41.0 Å². The van der Waals surface area contributed by atoms with E-state index in [-0.39, 0.29) is 6.61 Å². The number of nitrogens with zero attached hydrogens (tertiary/aromatic N) is 2. The van der Waals surface area contributed by atoms with Gasteiger partial charge in [0.2, 0.25) is 0 Å². The lowest BCUT2D eigenvalue weighted by atomic mass is 10.0. The average Bonchev–Trinajstić information content (AvgIpc) is 3.05. The van der Waals surface area contributed by atoms with Gasteiger partial charge in [0.05, 0.1) is 43.2 Å². The fourth-order valence-electron chi connectivity index (χ4n) is 2.82. The zero-order valence-corrected chi connectivity index (χ0v) is 15.3. The molecule has 5 nitrogen and oxygen atoms in total. The number of para-hydroxylation sites is 2. The second-order valence-electron chi connectivity index (χ2n) is 6.69. The third kappa shape index (κ3) is 4.84. The number of imidazole rings is 1. The van der Waals surface area contributed by atoms with E-state index in [1.54, 1.807) is 6.33 Å². The van der Waals surface area contributed by atoms with Crippen LogP contribution < -0.4 is 4.74 Å². The van der Waals surface area contributed by atoms with Crippen LogP contribution >= 0.6 is 0 Å². The second kappa shape index (κ2) is 8.83. The Bertz CT molecular complexity index is 811. The second-order valence-corrected chi connectivity index (χ2v) is 6.69. The Labute approximate surface area is 154 Å². The van der Waals surface area contributed by atoms with Crippen LogP contribution in [0.3, 0.4) is 0 Å². The molecule has 0 fully saturated rings. The molecule has 0 aliphatic rings. The molecule has 0 bridgehead atoms. The molecule has 0 spiro atoms. The number of hydrogen-bond acceptors (Lipinski definition) is 4. The molecular weight excluding hydrogens is 328 g/mol. The lowest BCUT2D eigenvalue weighted by molar-refractivity contribution is 0.0178. The molecule has 2 aromatic carbocycles. The fraction of sp³-hybridized carbons (Fsp3) is 0.381. The monoisotopic (exact) mass is 354 g/mol. The van der Waals surface area contributed by atoms with Crippen molar-refractivity contribution in [3.05, 3.63) is 60.4 Å². The van der Waals surface area contributed by atoms with Crippen molar-refractivity contribution < 1.29 is 14.6 Å². The van der Waals surface area contributed by atoms with Crippen LogP contribution in [0.15, 0.2) is 54.9 Å². The summed E-state index contributed by atoms with van der Waals surface area (Å²) in [5.74, 6) is 1.35. The molecule has 1 heterocycles. The van der Waals surface area contributed by atoms with Crippen LogP contribution in [-0.4, -0.2) is 40.6 Å². The Kier molecular flexibility index (Phi) is 6.26. The number of hydrogen-bond donors (Lipinski definition) is 1. The SMILES string of the molecule is CC(C)c1ccc(OCCOCC(O)Cn2cnc3ccccc32)cc1. The first-order valence-corrected chi connectivity index (χ1v) is 9.02. The minimum atomic E-state index is -0.585. The lowest BCUT2D eigenvalue weighted by Crippen LogP contribution is -2.23. The van der Waals surface area contributed by atoms with E-state index < -0.39 is 6.10 Å². The molecule has 0 aliphatic heterocycles. The Balaban J connectivity index is 1.37. The van der Waals surface area contributed by atoms with Gasteiger partial charge in [-0.2, -0.15) is 0 Å². The van der Waals surface area contributed by atoms with Gasteiger partial charge in [0.15, 0.2) is 0 Å². The summed E-state index contributed by atoms with van der Waals surface area (Å²) in [7, 11) is 0. The minimum Gasteiger partial charge on any atom is -0.491 e.